The van der Waals surface area contributed by atoms with E-state index in [1.54, 1.807) is 7.11 Å². The number of benzene rings is 1. The highest BCUT2D eigenvalue weighted by molar-refractivity contribution is 5.31. The molecule has 19 heavy (non-hydrogen) atoms. The van der Waals surface area contributed by atoms with Gasteiger partial charge in [-0.2, -0.15) is 0 Å². The Morgan fingerprint density at radius 3 is 2.53 bits per heavy atom. The normalized spacial score (nSPS) is 14.4. The molecule has 0 radical (unpaired) electrons. The minimum absolute atomic E-state index is 0.530. The first kappa shape index (κ1) is 16.0. The summed E-state index contributed by atoms with van der Waals surface area (Å²) in [6.07, 6.45) is 2.50. The second-order valence-corrected chi connectivity index (χ2v) is 5.71. The van der Waals surface area contributed by atoms with Gasteiger partial charge >= 0.3 is 0 Å². The number of nitrogens with one attached hydrogen (secondary N) is 1. The molecule has 1 rings (SSSR count). The standard InChI is InChI=1S/C17H29NO/c1-6-8-14(4)17(12-18-13(2)3)15-9-7-10-16(11-15)19-5/h7,9-11,13-14,17-18H,6,8,12H2,1-5H3. The summed E-state index contributed by atoms with van der Waals surface area (Å²) in [5.41, 5.74) is 1.38. The predicted molar refractivity (Wildman–Crippen MR) is 82.9 cm³/mol. The van der Waals surface area contributed by atoms with Crippen molar-refractivity contribution in [2.24, 2.45) is 5.92 Å². The molecule has 0 aromatic heterocycles. The van der Waals surface area contributed by atoms with E-state index < -0.39 is 0 Å². The van der Waals surface area contributed by atoms with E-state index >= 15 is 0 Å². The van der Waals surface area contributed by atoms with Crippen molar-refractivity contribution in [2.45, 2.75) is 52.5 Å². The van der Waals surface area contributed by atoms with E-state index in [9.17, 15) is 0 Å². The van der Waals surface area contributed by atoms with Crippen LogP contribution in [-0.4, -0.2) is 19.7 Å². The molecule has 1 aromatic rings. The number of hydrogen-bond donors (Lipinski definition) is 1. The summed E-state index contributed by atoms with van der Waals surface area (Å²) in [7, 11) is 1.73. The lowest BCUT2D eigenvalue weighted by molar-refractivity contribution is 0.387. The molecule has 0 amide bonds. The Morgan fingerprint density at radius 1 is 1.21 bits per heavy atom. The highest BCUT2D eigenvalue weighted by atomic mass is 16.5. The zero-order valence-electron chi connectivity index (χ0n) is 13.1. The summed E-state index contributed by atoms with van der Waals surface area (Å²) < 4.78 is 5.35. The third-order valence-corrected chi connectivity index (χ3v) is 3.70. The van der Waals surface area contributed by atoms with Crippen molar-refractivity contribution in [3.8, 4) is 5.75 Å². The SMILES string of the molecule is CCCC(C)C(CNC(C)C)c1cccc(OC)c1. The average molecular weight is 263 g/mol. The smallest absolute Gasteiger partial charge is 0.119 e. The maximum Gasteiger partial charge on any atom is 0.119 e. The van der Waals surface area contributed by atoms with Crippen molar-refractivity contribution < 1.29 is 4.74 Å². The minimum Gasteiger partial charge on any atom is -0.497 e. The zero-order chi connectivity index (χ0) is 14.3. The van der Waals surface area contributed by atoms with Gasteiger partial charge in [0.1, 0.15) is 5.75 Å². The molecule has 0 aliphatic carbocycles. The molecule has 0 bridgehead atoms. The van der Waals surface area contributed by atoms with Crippen LogP contribution in [0.15, 0.2) is 24.3 Å². The van der Waals surface area contributed by atoms with E-state index in [2.05, 4.69) is 51.2 Å². The van der Waals surface area contributed by atoms with Crippen LogP contribution in [0.2, 0.25) is 0 Å². The summed E-state index contributed by atoms with van der Waals surface area (Å²) in [5, 5.41) is 3.58. The van der Waals surface area contributed by atoms with E-state index in [-0.39, 0.29) is 0 Å². The van der Waals surface area contributed by atoms with Gasteiger partial charge in [-0.1, -0.05) is 52.7 Å². The van der Waals surface area contributed by atoms with Gasteiger partial charge in [0.25, 0.3) is 0 Å². The van der Waals surface area contributed by atoms with Gasteiger partial charge in [0.15, 0.2) is 0 Å². The Hall–Kier alpha value is -1.02. The monoisotopic (exact) mass is 263 g/mol. The Labute approximate surface area is 118 Å². The number of ether oxygens (including phenoxy) is 1. The molecule has 0 heterocycles. The highest BCUT2D eigenvalue weighted by Crippen LogP contribution is 2.29. The van der Waals surface area contributed by atoms with E-state index in [1.165, 1.54) is 18.4 Å². The van der Waals surface area contributed by atoms with Gasteiger partial charge in [0.2, 0.25) is 0 Å². The van der Waals surface area contributed by atoms with Gasteiger partial charge in [0, 0.05) is 12.6 Å². The summed E-state index contributed by atoms with van der Waals surface area (Å²) in [4.78, 5) is 0. The first-order valence-corrected chi connectivity index (χ1v) is 7.45. The van der Waals surface area contributed by atoms with Gasteiger partial charge in [-0.25, -0.2) is 0 Å². The Kier molecular flexibility index (Phi) is 6.93. The molecule has 0 aliphatic rings. The van der Waals surface area contributed by atoms with E-state index in [1.807, 2.05) is 6.07 Å². The molecule has 0 fully saturated rings. The van der Waals surface area contributed by atoms with Crippen LogP contribution < -0.4 is 10.1 Å². The lowest BCUT2D eigenvalue weighted by Gasteiger charge is -2.26. The molecule has 2 nitrogen and oxygen atoms in total. The average Bonchev–Trinajstić information content (AvgIpc) is 2.39. The van der Waals surface area contributed by atoms with Crippen molar-refractivity contribution in [3.63, 3.8) is 0 Å². The van der Waals surface area contributed by atoms with Crippen LogP contribution in [0.25, 0.3) is 0 Å². The molecule has 0 saturated heterocycles. The van der Waals surface area contributed by atoms with Crippen LogP contribution in [0.5, 0.6) is 5.75 Å². The van der Waals surface area contributed by atoms with Crippen molar-refractivity contribution in [1.29, 1.82) is 0 Å². The Balaban J connectivity index is 2.86. The number of methoxy groups -OCH3 is 1. The second-order valence-electron chi connectivity index (χ2n) is 5.71. The van der Waals surface area contributed by atoms with Crippen molar-refractivity contribution in [1.82, 2.24) is 5.32 Å². The van der Waals surface area contributed by atoms with E-state index in [0.29, 0.717) is 17.9 Å². The van der Waals surface area contributed by atoms with Crippen LogP contribution in [-0.2, 0) is 0 Å². The fourth-order valence-electron chi connectivity index (χ4n) is 2.54. The molecule has 1 N–H and O–H groups in total. The summed E-state index contributed by atoms with van der Waals surface area (Å²) >= 11 is 0. The fourth-order valence-corrected chi connectivity index (χ4v) is 2.54. The topological polar surface area (TPSA) is 21.3 Å². The third-order valence-electron chi connectivity index (χ3n) is 3.70. The highest BCUT2D eigenvalue weighted by Gasteiger charge is 2.19. The summed E-state index contributed by atoms with van der Waals surface area (Å²) in [6, 6.07) is 9.04. The Morgan fingerprint density at radius 2 is 1.95 bits per heavy atom. The molecule has 0 saturated carbocycles. The van der Waals surface area contributed by atoms with Gasteiger partial charge in [-0.05, 0) is 29.5 Å². The largest absolute Gasteiger partial charge is 0.497 e. The summed E-state index contributed by atoms with van der Waals surface area (Å²) in [6.45, 7) is 10.1. The predicted octanol–water partition coefficient (Wildman–Crippen LogP) is 4.21. The zero-order valence-corrected chi connectivity index (χ0v) is 13.1. The molecule has 108 valence electrons. The van der Waals surface area contributed by atoms with Crippen molar-refractivity contribution in [3.05, 3.63) is 29.8 Å². The summed E-state index contributed by atoms with van der Waals surface area (Å²) in [5.74, 6) is 2.19. The molecule has 1 aromatic carbocycles. The lowest BCUT2D eigenvalue weighted by Crippen LogP contribution is -2.30. The van der Waals surface area contributed by atoms with E-state index in [4.69, 9.17) is 4.74 Å². The van der Waals surface area contributed by atoms with Crippen LogP contribution in [0.1, 0.15) is 52.0 Å². The van der Waals surface area contributed by atoms with Gasteiger partial charge < -0.3 is 10.1 Å². The third kappa shape index (κ3) is 5.23. The van der Waals surface area contributed by atoms with Crippen LogP contribution in [0.3, 0.4) is 0 Å². The second kappa shape index (κ2) is 8.21. The molecule has 2 unspecified atom stereocenters. The lowest BCUT2D eigenvalue weighted by atomic mass is 9.84. The number of rotatable bonds is 8. The maximum atomic E-state index is 5.35. The molecule has 2 atom stereocenters. The minimum atomic E-state index is 0.530. The number of hydrogen-bond acceptors (Lipinski definition) is 2. The molecule has 0 spiro atoms. The van der Waals surface area contributed by atoms with Crippen LogP contribution in [0.4, 0.5) is 0 Å². The molecular weight excluding hydrogens is 234 g/mol. The van der Waals surface area contributed by atoms with Crippen LogP contribution in [0, 0.1) is 5.92 Å². The first-order valence-electron chi connectivity index (χ1n) is 7.45. The van der Waals surface area contributed by atoms with Crippen LogP contribution >= 0.6 is 0 Å². The fraction of sp³-hybridized carbons (Fsp3) is 0.647. The quantitative estimate of drug-likeness (QED) is 0.758. The van der Waals surface area contributed by atoms with Crippen molar-refractivity contribution >= 4 is 0 Å². The Bertz CT molecular complexity index is 362. The van der Waals surface area contributed by atoms with Gasteiger partial charge in [0.05, 0.1) is 7.11 Å². The molecular formula is C17H29NO. The molecule has 0 aliphatic heterocycles. The van der Waals surface area contributed by atoms with Gasteiger partial charge in [-0.15, -0.1) is 0 Å². The maximum absolute atomic E-state index is 5.35. The molecule has 2 heteroatoms. The first-order chi connectivity index (χ1) is 9.08. The van der Waals surface area contributed by atoms with Crippen molar-refractivity contribution in [2.75, 3.05) is 13.7 Å². The van der Waals surface area contributed by atoms with Gasteiger partial charge in [-0.3, -0.25) is 0 Å². The van der Waals surface area contributed by atoms with E-state index in [0.717, 1.165) is 12.3 Å².